The van der Waals surface area contributed by atoms with Crippen LogP contribution >= 0.6 is 0 Å². The van der Waals surface area contributed by atoms with Gasteiger partial charge in [-0.2, -0.15) is 0 Å². The van der Waals surface area contributed by atoms with Crippen LogP contribution in [0.2, 0.25) is 0 Å². The number of fused-ring (bicyclic) bond motifs is 5. The molecule has 5 rings (SSSR count). The third-order valence-corrected chi connectivity index (χ3v) is 10.6. The van der Waals surface area contributed by atoms with Crippen molar-refractivity contribution in [2.75, 3.05) is 0 Å². The maximum absolute atomic E-state index is 12.6. The number of ether oxygens (including phenoxy) is 1. The molecule has 4 heteroatoms. The second kappa shape index (κ2) is 8.18. The lowest BCUT2D eigenvalue weighted by molar-refractivity contribution is -0.125. The molecule has 0 aliphatic heterocycles. The summed E-state index contributed by atoms with van der Waals surface area (Å²) in [6.07, 6.45) is 10.9. The van der Waals surface area contributed by atoms with Crippen molar-refractivity contribution in [3.63, 3.8) is 0 Å². The van der Waals surface area contributed by atoms with Crippen LogP contribution in [0.4, 0.5) is 0 Å². The number of esters is 1. The van der Waals surface area contributed by atoms with Crippen LogP contribution in [0.5, 0.6) is 0 Å². The van der Waals surface area contributed by atoms with Crippen LogP contribution in [0.1, 0.15) is 88.9 Å². The lowest BCUT2D eigenvalue weighted by atomic mass is 9.44. The predicted octanol–water partition coefficient (Wildman–Crippen LogP) is 6.72. The zero-order chi connectivity index (χ0) is 22.5. The van der Waals surface area contributed by atoms with Gasteiger partial charge in [0, 0.05) is 5.92 Å². The highest BCUT2D eigenvalue weighted by Gasteiger charge is 2.60. The molecule has 0 bridgehead atoms. The van der Waals surface area contributed by atoms with Crippen molar-refractivity contribution in [3.8, 4) is 0 Å². The summed E-state index contributed by atoms with van der Waals surface area (Å²) in [5.74, 6) is 3.28. The number of rotatable bonds is 3. The van der Waals surface area contributed by atoms with E-state index in [0.29, 0.717) is 28.2 Å². The fourth-order valence-electron chi connectivity index (χ4n) is 8.88. The maximum Gasteiger partial charge on any atom is 0.338 e. The highest BCUT2D eigenvalue weighted by Crippen LogP contribution is 2.67. The summed E-state index contributed by atoms with van der Waals surface area (Å²) in [5.41, 5.74) is 2.27. The van der Waals surface area contributed by atoms with Gasteiger partial charge < -0.3 is 9.94 Å². The van der Waals surface area contributed by atoms with Crippen molar-refractivity contribution < 1.29 is 14.7 Å². The highest BCUT2D eigenvalue weighted by molar-refractivity contribution is 5.89. The second-order valence-corrected chi connectivity index (χ2v) is 11.7. The van der Waals surface area contributed by atoms with Gasteiger partial charge >= 0.3 is 5.97 Å². The van der Waals surface area contributed by atoms with Gasteiger partial charge in [-0.05, 0) is 111 Å². The lowest BCUT2D eigenvalue weighted by Gasteiger charge is -2.61. The Labute approximate surface area is 192 Å². The van der Waals surface area contributed by atoms with Gasteiger partial charge in [-0.25, -0.2) is 4.79 Å². The first-order chi connectivity index (χ1) is 15.4. The van der Waals surface area contributed by atoms with Crippen LogP contribution in [0.3, 0.4) is 0 Å². The SMILES string of the molecule is CC(=NO)[C@H]1CC[C@H]2[C@@H]3CC[C@H]4CC(OC(=O)c5ccccc5)CC[C@]4(C)[C@H]3CC[C@]12C. The number of hydrogen-bond donors (Lipinski definition) is 1. The molecule has 4 aliphatic rings. The van der Waals surface area contributed by atoms with Crippen LogP contribution in [0, 0.1) is 40.4 Å². The molecule has 0 spiro atoms. The van der Waals surface area contributed by atoms with E-state index in [0.717, 1.165) is 36.3 Å². The van der Waals surface area contributed by atoms with Crippen LogP contribution in [0.25, 0.3) is 0 Å². The normalized spacial score (nSPS) is 43.7. The van der Waals surface area contributed by atoms with Crippen molar-refractivity contribution in [2.24, 2.45) is 45.6 Å². The highest BCUT2D eigenvalue weighted by atomic mass is 16.5. The molecule has 0 aromatic heterocycles. The van der Waals surface area contributed by atoms with Crippen LogP contribution in [-0.4, -0.2) is 23.0 Å². The predicted molar refractivity (Wildman–Crippen MR) is 126 cm³/mol. The Bertz CT molecular complexity index is 882. The zero-order valence-electron chi connectivity index (χ0n) is 19.9. The first-order valence-corrected chi connectivity index (χ1v) is 12.8. The molecule has 174 valence electrons. The molecule has 4 fully saturated rings. The van der Waals surface area contributed by atoms with Crippen molar-refractivity contribution >= 4 is 11.7 Å². The lowest BCUT2D eigenvalue weighted by Crippen LogP contribution is -2.54. The summed E-state index contributed by atoms with van der Waals surface area (Å²) in [5, 5.41) is 13.1. The fraction of sp³-hybridized carbons (Fsp3) is 0.714. The molecule has 4 saturated carbocycles. The Kier molecular flexibility index (Phi) is 5.62. The molecule has 8 atom stereocenters. The molecular formula is C28H39NO3. The molecule has 1 unspecified atom stereocenters. The number of oxime groups is 1. The monoisotopic (exact) mass is 437 g/mol. The van der Waals surface area contributed by atoms with Gasteiger partial charge in [-0.15, -0.1) is 0 Å². The van der Waals surface area contributed by atoms with Crippen molar-refractivity contribution in [3.05, 3.63) is 35.9 Å². The van der Waals surface area contributed by atoms with Crippen molar-refractivity contribution in [1.29, 1.82) is 0 Å². The van der Waals surface area contributed by atoms with Gasteiger partial charge in [0.25, 0.3) is 0 Å². The molecule has 1 N–H and O–H groups in total. The van der Waals surface area contributed by atoms with E-state index in [2.05, 4.69) is 19.0 Å². The Morgan fingerprint density at radius 1 is 0.969 bits per heavy atom. The minimum atomic E-state index is -0.167. The van der Waals surface area contributed by atoms with E-state index < -0.39 is 0 Å². The Balaban J connectivity index is 1.28. The summed E-state index contributed by atoms with van der Waals surface area (Å²) < 4.78 is 5.97. The topological polar surface area (TPSA) is 58.9 Å². The van der Waals surface area contributed by atoms with Gasteiger partial charge in [0.2, 0.25) is 0 Å². The standard InChI is InChI=1S/C28H39NO3/c1-18(29-31)23-11-12-24-22-10-9-20-17-21(32-26(30)19-7-5-4-6-8-19)13-15-27(20,2)25(22)14-16-28(23,24)3/h4-8,20-25,31H,9-17H2,1-3H3/t20-,21?,22-,23+,24-,25-,27-,28+/m0/s1. The van der Waals surface area contributed by atoms with Gasteiger partial charge in [0.05, 0.1) is 11.3 Å². The minimum Gasteiger partial charge on any atom is -0.459 e. The average molecular weight is 438 g/mol. The number of carbonyl (C=O) groups is 1. The molecule has 1 aromatic rings. The summed E-state index contributed by atoms with van der Waals surface area (Å²) in [7, 11) is 0. The fourth-order valence-corrected chi connectivity index (χ4v) is 8.88. The van der Waals surface area contributed by atoms with Crippen LogP contribution in [0.15, 0.2) is 35.5 Å². The molecule has 4 aliphatic carbocycles. The van der Waals surface area contributed by atoms with E-state index in [4.69, 9.17) is 4.74 Å². The molecule has 32 heavy (non-hydrogen) atoms. The number of benzene rings is 1. The Hall–Kier alpha value is -1.84. The van der Waals surface area contributed by atoms with Crippen LogP contribution < -0.4 is 0 Å². The molecule has 1 aromatic carbocycles. The van der Waals surface area contributed by atoms with E-state index in [9.17, 15) is 10.0 Å². The minimum absolute atomic E-state index is 0.0606. The van der Waals surface area contributed by atoms with Gasteiger partial charge in [0.15, 0.2) is 0 Å². The Morgan fingerprint density at radius 3 is 2.44 bits per heavy atom. The van der Waals surface area contributed by atoms with E-state index in [1.807, 2.05) is 37.3 Å². The maximum atomic E-state index is 12.6. The first kappa shape index (κ1) is 22.0. The van der Waals surface area contributed by atoms with Gasteiger partial charge in [-0.3, -0.25) is 0 Å². The molecule has 0 amide bonds. The van der Waals surface area contributed by atoms with Gasteiger partial charge in [0.1, 0.15) is 6.10 Å². The number of carbonyl (C=O) groups excluding carboxylic acids is 1. The Morgan fingerprint density at radius 2 is 1.69 bits per heavy atom. The van der Waals surface area contributed by atoms with E-state index in [1.54, 1.807) is 0 Å². The molecule has 4 nitrogen and oxygen atoms in total. The van der Waals surface area contributed by atoms with E-state index in [-0.39, 0.29) is 12.1 Å². The molecule has 0 saturated heterocycles. The van der Waals surface area contributed by atoms with Crippen LogP contribution in [-0.2, 0) is 4.74 Å². The summed E-state index contributed by atoms with van der Waals surface area (Å²) in [4.78, 5) is 12.6. The average Bonchev–Trinajstić information content (AvgIpc) is 3.16. The second-order valence-electron chi connectivity index (χ2n) is 11.7. The number of nitrogens with zero attached hydrogens (tertiary/aromatic N) is 1. The first-order valence-electron chi connectivity index (χ1n) is 12.8. The smallest absolute Gasteiger partial charge is 0.338 e. The molecule has 0 heterocycles. The van der Waals surface area contributed by atoms with E-state index in [1.165, 1.54) is 44.9 Å². The van der Waals surface area contributed by atoms with Crippen molar-refractivity contribution in [1.82, 2.24) is 0 Å². The third-order valence-electron chi connectivity index (χ3n) is 10.6. The number of hydrogen-bond acceptors (Lipinski definition) is 4. The molecular weight excluding hydrogens is 398 g/mol. The summed E-state index contributed by atoms with van der Waals surface area (Å²) >= 11 is 0. The third kappa shape index (κ3) is 3.40. The summed E-state index contributed by atoms with van der Waals surface area (Å²) in [6.45, 7) is 7.05. The van der Waals surface area contributed by atoms with E-state index >= 15 is 0 Å². The summed E-state index contributed by atoms with van der Waals surface area (Å²) in [6, 6.07) is 9.42. The van der Waals surface area contributed by atoms with Gasteiger partial charge in [-0.1, -0.05) is 37.2 Å². The van der Waals surface area contributed by atoms with Crippen molar-refractivity contribution in [2.45, 2.75) is 84.7 Å². The zero-order valence-corrected chi connectivity index (χ0v) is 19.9. The largest absolute Gasteiger partial charge is 0.459 e. The quantitative estimate of drug-likeness (QED) is 0.247. The molecule has 0 radical (unpaired) electrons.